The maximum Gasteiger partial charge on any atom is 0.126 e. The van der Waals surface area contributed by atoms with Crippen molar-refractivity contribution >= 4 is 0 Å². The van der Waals surface area contributed by atoms with Crippen LogP contribution in [0, 0.1) is 24.1 Å². The Kier molecular flexibility index (Phi) is 3.85. The van der Waals surface area contributed by atoms with Crippen LogP contribution < -0.4 is 0 Å². The molecule has 0 heterocycles. The Morgan fingerprint density at radius 3 is 2.53 bits per heavy atom. The molecule has 1 aromatic rings. The lowest BCUT2D eigenvalue weighted by atomic mass is 9.92. The fourth-order valence-electron chi connectivity index (χ4n) is 1.78. The minimum atomic E-state index is -0.189. The summed E-state index contributed by atoms with van der Waals surface area (Å²) < 4.78 is 13.6. The van der Waals surface area contributed by atoms with Crippen LogP contribution in [0.2, 0.25) is 0 Å². The molecule has 15 heavy (non-hydrogen) atoms. The number of hydrogen-bond acceptors (Lipinski definition) is 1. The van der Waals surface area contributed by atoms with Gasteiger partial charge in [-0.15, -0.1) is 0 Å². The van der Waals surface area contributed by atoms with E-state index in [0.717, 1.165) is 23.1 Å². The molecule has 0 fully saturated rings. The molecule has 1 rings (SSSR count). The Labute approximate surface area is 90.5 Å². The van der Waals surface area contributed by atoms with Crippen LogP contribution in [0.3, 0.4) is 0 Å². The zero-order valence-corrected chi connectivity index (χ0v) is 9.47. The molecule has 1 unspecified atom stereocenters. The summed E-state index contributed by atoms with van der Waals surface area (Å²) in [6.45, 7) is 5.81. The fourth-order valence-corrected chi connectivity index (χ4v) is 1.78. The van der Waals surface area contributed by atoms with Gasteiger partial charge in [-0.05, 0) is 42.5 Å². The summed E-state index contributed by atoms with van der Waals surface area (Å²) >= 11 is 0. The quantitative estimate of drug-likeness (QED) is 0.737. The van der Waals surface area contributed by atoms with E-state index in [0.29, 0.717) is 6.42 Å². The summed E-state index contributed by atoms with van der Waals surface area (Å²) in [7, 11) is 0. The van der Waals surface area contributed by atoms with E-state index >= 15 is 0 Å². The maximum atomic E-state index is 13.6. The van der Waals surface area contributed by atoms with Gasteiger partial charge in [-0.3, -0.25) is 0 Å². The molecule has 1 nitrogen and oxygen atoms in total. The second-order valence-corrected chi connectivity index (χ2v) is 3.74. The van der Waals surface area contributed by atoms with Gasteiger partial charge in [0, 0.05) is 0 Å². The normalized spacial score (nSPS) is 12.2. The van der Waals surface area contributed by atoms with Gasteiger partial charge in [-0.25, -0.2) is 4.39 Å². The first-order chi connectivity index (χ1) is 7.13. The second kappa shape index (κ2) is 4.93. The molecule has 0 amide bonds. The highest BCUT2D eigenvalue weighted by Crippen LogP contribution is 2.25. The van der Waals surface area contributed by atoms with Crippen LogP contribution in [0.15, 0.2) is 12.1 Å². The van der Waals surface area contributed by atoms with E-state index in [9.17, 15) is 4.39 Å². The molecule has 2 heteroatoms. The Hall–Kier alpha value is -1.36. The van der Waals surface area contributed by atoms with Gasteiger partial charge in [0.15, 0.2) is 0 Å². The molecule has 1 atom stereocenters. The molecule has 0 bridgehead atoms. The van der Waals surface area contributed by atoms with Gasteiger partial charge in [0.1, 0.15) is 5.82 Å². The zero-order chi connectivity index (χ0) is 11.4. The Bertz CT molecular complexity index is 390. The van der Waals surface area contributed by atoms with Crippen molar-refractivity contribution in [3.8, 4) is 6.07 Å². The van der Waals surface area contributed by atoms with Crippen molar-refractivity contribution in [2.24, 2.45) is 0 Å². The van der Waals surface area contributed by atoms with Crippen LogP contribution in [0.25, 0.3) is 0 Å². The Morgan fingerprint density at radius 2 is 2.07 bits per heavy atom. The minimum Gasteiger partial charge on any atom is -0.207 e. The summed E-state index contributed by atoms with van der Waals surface area (Å²) in [5.74, 6) is -0.378. The monoisotopic (exact) mass is 205 g/mol. The van der Waals surface area contributed by atoms with Crippen molar-refractivity contribution in [1.82, 2.24) is 0 Å². The van der Waals surface area contributed by atoms with Crippen LogP contribution >= 0.6 is 0 Å². The maximum absolute atomic E-state index is 13.6. The van der Waals surface area contributed by atoms with Gasteiger partial charge in [0.05, 0.1) is 12.0 Å². The van der Waals surface area contributed by atoms with Crippen molar-refractivity contribution in [2.45, 2.75) is 39.5 Å². The van der Waals surface area contributed by atoms with E-state index in [-0.39, 0.29) is 11.7 Å². The number of halogens is 1. The SMILES string of the molecule is CCc1cc(C)c(C(C#N)CC)cc1F. The number of benzene rings is 1. The molecule has 0 aliphatic rings. The van der Waals surface area contributed by atoms with E-state index in [2.05, 4.69) is 6.07 Å². The molecule has 0 aromatic heterocycles. The topological polar surface area (TPSA) is 23.8 Å². The number of rotatable bonds is 3. The summed E-state index contributed by atoms with van der Waals surface area (Å²) in [6.07, 6.45) is 1.42. The first-order valence-corrected chi connectivity index (χ1v) is 5.32. The van der Waals surface area contributed by atoms with Crippen molar-refractivity contribution in [2.75, 3.05) is 0 Å². The third-order valence-electron chi connectivity index (χ3n) is 2.76. The predicted octanol–water partition coefficient (Wildman–Crippen LogP) is 3.71. The van der Waals surface area contributed by atoms with E-state index in [1.165, 1.54) is 6.07 Å². The molecule has 0 saturated heterocycles. The first kappa shape index (κ1) is 11.7. The lowest BCUT2D eigenvalue weighted by Gasteiger charge is -2.12. The number of aryl methyl sites for hydroxylation is 2. The van der Waals surface area contributed by atoms with Gasteiger partial charge in [0.25, 0.3) is 0 Å². The summed E-state index contributed by atoms with van der Waals surface area (Å²) in [5.41, 5.74) is 2.57. The molecule has 0 N–H and O–H groups in total. The van der Waals surface area contributed by atoms with Crippen molar-refractivity contribution in [1.29, 1.82) is 5.26 Å². The molecule has 0 aliphatic heterocycles. The van der Waals surface area contributed by atoms with Crippen LogP contribution in [0.1, 0.15) is 42.9 Å². The van der Waals surface area contributed by atoms with E-state index in [1.807, 2.05) is 26.8 Å². The average molecular weight is 205 g/mol. The minimum absolute atomic E-state index is 0.188. The number of nitriles is 1. The largest absolute Gasteiger partial charge is 0.207 e. The first-order valence-electron chi connectivity index (χ1n) is 5.32. The lowest BCUT2D eigenvalue weighted by molar-refractivity contribution is 0.606. The molecule has 0 saturated carbocycles. The number of hydrogen-bond donors (Lipinski definition) is 0. The van der Waals surface area contributed by atoms with Gasteiger partial charge in [-0.1, -0.05) is 19.9 Å². The molecular weight excluding hydrogens is 189 g/mol. The molecule has 0 spiro atoms. The highest BCUT2D eigenvalue weighted by molar-refractivity contribution is 5.37. The average Bonchev–Trinajstić information content (AvgIpc) is 2.24. The van der Waals surface area contributed by atoms with Crippen molar-refractivity contribution in [3.63, 3.8) is 0 Å². The Morgan fingerprint density at radius 1 is 1.40 bits per heavy atom. The van der Waals surface area contributed by atoms with E-state index in [4.69, 9.17) is 5.26 Å². The summed E-state index contributed by atoms with van der Waals surface area (Å²) in [5, 5.41) is 8.95. The predicted molar refractivity (Wildman–Crippen MR) is 59.2 cm³/mol. The Balaban J connectivity index is 3.22. The van der Waals surface area contributed by atoms with Gasteiger partial charge in [0.2, 0.25) is 0 Å². The van der Waals surface area contributed by atoms with Crippen molar-refractivity contribution in [3.05, 3.63) is 34.6 Å². The molecule has 0 aliphatic carbocycles. The third kappa shape index (κ3) is 2.36. The molecule has 0 radical (unpaired) electrons. The van der Waals surface area contributed by atoms with Crippen LogP contribution in [0.4, 0.5) is 4.39 Å². The fraction of sp³-hybridized carbons (Fsp3) is 0.462. The van der Waals surface area contributed by atoms with Gasteiger partial charge >= 0.3 is 0 Å². The van der Waals surface area contributed by atoms with Crippen LogP contribution in [0.5, 0.6) is 0 Å². The van der Waals surface area contributed by atoms with E-state index in [1.54, 1.807) is 0 Å². The highest BCUT2D eigenvalue weighted by Gasteiger charge is 2.13. The zero-order valence-electron chi connectivity index (χ0n) is 9.47. The van der Waals surface area contributed by atoms with Crippen LogP contribution in [-0.2, 0) is 6.42 Å². The lowest BCUT2D eigenvalue weighted by Crippen LogP contribution is -2.00. The molecule has 80 valence electrons. The molecular formula is C13H16FN. The third-order valence-corrected chi connectivity index (χ3v) is 2.76. The second-order valence-electron chi connectivity index (χ2n) is 3.74. The number of nitrogens with zero attached hydrogens (tertiary/aromatic N) is 1. The van der Waals surface area contributed by atoms with Gasteiger partial charge < -0.3 is 0 Å². The van der Waals surface area contributed by atoms with Crippen LogP contribution in [-0.4, -0.2) is 0 Å². The highest BCUT2D eigenvalue weighted by atomic mass is 19.1. The van der Waals surface area contributed by atoms with E-state index < -0.39 is 0 Å². The van der Waals surface area contributed by atoms with Crippen molar-refractivity contribution < 1.29 is 4.39 Å². The smallest absolute Gasteiger partial charge is 0.126 e. The summed E-state index contributed by atoms with van der Waals surface area (Å²) in [4.78, 5) is 0. The standard InChI is InChI=1S/C13H16FN/c1-4-10-6-9(3)12(7-13(10)14)11(5-2)8-15/h6-7,11H,4-5H2,1-3H3. The summed E-state index contributed by atoms with van der Waals surface area (Å²) in [6, 6.07) is 5.58. The van der Waals surface area contributed by atoms with Gasteiger partial charge in [-0.2, -0.15) is 5.26 Å². The molecule has 1 aromatic carbocycles.